The molecule has 2 rings (SSSR count). The van der Waals surface area contributed by atoms with E-state index in [4.69, 9.17) is 10.00 Å². The van der Waals surface area contributed by atoms with Crippen LogP contribution in [0.5, 0.6) is 0 Å². The summed E-state index contributed by atoms with van der Waals surface area (Å²) >= 11 is 0. The fraction of sp³-hybridized carbons (Fsp3) is 0.562. The normalized spacial score (nSPS) is 21.2. The maximum absolute atomic E-state index is 12.5. The number of hydrogen-bond donors (Lipinski definition) is 1. The van der Waals surface area contributed by atoms with Crippen LogP contribution in [0.25, 0.3) is 0 Å². The number of ether oxygens (including phenoxy) is 1. The van der Waals surface area contributed by atoms with Crippen LogP contribution in [0, 0.1) is 28.4 Å². The minimum absolute atomic E-state index is 0.0787. The summed E-state index contributed by atoms with van der Waals surface area (Å²) in [6.07, 6.45) is -0.336. The predicted molar refractivity (Wildman–Crippen MR) is 96.4 cm³/mol. The van der Waals surface area contributed by atoms with Crippen LogP contribution in [0.3, 0.4) is 0 Å². The van der Waals surface area contributed by atoms with Gasteiger partial charge in [-0.15, -0.1) is 0 Å². The highest BCUT2D eigenvalue weighted by molar-refractivity contribution is 7.89. The Bertz CT molecular complexity index is 824. The molecule has 26 heavy (non-hydrogen) atoms. The molecule has 0 aliphatic carbocycles. The first-order chi connectivity index (χ1) is 12.1. The van der Waals surface area contributed by atoms with Gasteiger partial charge < -0.3 is 10.1 Å². The topological polar surface area (TPSA) is 126 Å². The number of nitriles is 1. The number of benzene rings is 1. The van der Waals surface area contributed by atoms with Crippen molar-refractivity contribution in [1.29, 1.82) is 5.26 Å². The first-order valence-corrected chi connectivity index (χ1v) is 9.81. The van der Waals surface area contributed by atoms with Crippen LogP contribution in [-0.2, 0) is 14.8 Å². The largest absolute Gasteiger partial charge is 0.384 e. The predicted octanol–water partition coefficient (Wildman–Crippen LogP) is 1.63. The quantitative estimate of drug-likeness (QED) is 0.585. The monoisotopic (exact) mass is 382 g/mol. The molecule has 0 amide bonds. The highest BCUT2D eigenvalue weighted by Gasteiger charge is 2.30. The highest BCUT2D eigenvalue weighted by Crippen LogP contribution is 2.27. The van der Waals surface area contributed by atoms with Gasteiger partial charge in [0.15, 0.2) is 0 Å². The Balaban J connectivity index is 2.08. The van der Waals surface area contributed by atoms with E-state index in [9.17, 15) is 18.5 Å². The molecule has 142 valence electrons. The molecule has 1 fully saturated rings. The zero-order valence-electron chi connectivity index (χ0n) is 14.9. The summed E-state index contributed by atoms with van der Waals surface area (Å²) in [5, 5.41) is 23.0. The highest BCUT2D eigenvalue weighted by atomic mass is 32.2. The van der Waals surface area contributed by atoms with Crippen molar-refractivity contribution in [2.75, 3.05) is 30.7 Å². The SMILES string of the molecule is Cc1c(NCCS(=O)(=O)N2C[C@H](C)O[C@@H](C)C2)cc(C#N)cc1[N+](=O)[O-]. The molecule has 0 aromatic heterocycles. The molecule has 1 aromatic rings. The molecule has 1 aromatic carbocycles. The summed E-state index contributed by atoms with van der Waals surface area (Å²) in [4.78, 5) is 10.5. The number of morpholine rings is 1. The van der Waals surface area contributed by atoms with Gasteiger partial charge in [-0.05, 0) is 26.8 Å². The third-order valence-electron chi connectivity index (χ3n) is 4.16. The summed E-state index contributed by atoms with van der Waals surface area (Å²) in [6, 6.07) is 4.56. The van der Waals surface area contributed by atoms with E-state index in [0.29, 0.717) is 24.3 Å². The molecule has 9 nitrogen and oxygen atoms in total. The van der Waals surface area contributed by atoms with E-state index in [1.807, 2.05) is 19.9 Å². The van der Waals surface area contributed by atoms with Crippen LogP contribution in [0.2, 0.25) is 0 Å². The number of nitrogens with zero attached hydrogens (tertiary/aromatic N) is 3. The van der Waals surface area contributed by atoms with Crippen molar-refractivity contribution in [3.63, 3.8) is 0 Å². The lowest BCUT2D eigenvalue weighted by Gasteiger charge is -2.34. The smallest absolute Gasteiger partial charge is 0.275 e. The maximum atomic E-state index is 12.5. The Morgan fingerprint density at radius 2 is 2.00 bits per heavy atom. The van der Waals surface area contributed by atoms with E-state index in [2.05, 4.69) is 5.32 Å². The van der Waals surface area contributed by atoms with E-state index in [-0.39, 0.29) is 35.8 Å². The zero-order valence-corrected chi connectivity index (χ0v) is 15.7. The Labute approximate surface area is 152 Å². The van der Waals surface area contributed by atoms with Crippen LogP contribution in [0.15, 0.2) is 12.1 Å². The van der Waals surface area contributed by atoms with E-state index in [1.165, 1.54) is 16.4 Å². The van der Waals surface area contributed by atoms with E-state index >= 15 is 0 Å². The van der Waals surface area contributed by atoms with Crippen molar-refractivity contribution in [2.45, 2.75) is 33.0 Å². The fourth-order valence-corrected chi connectivity index (χ4v) is 4.43. The molecule has 0 spiro atoms. The lowest BCUT2D eigenvalue weighted by atomic mass is 10.1. The molecule has 0 unspecified atom stereocenters. The van der Waals surface area contributed by atoms with Gasteiger partial charge in [-0.1, -0.05) is 0 Å². The molecule has 0 bridgehead atoms. The van der Waals surface area contributed by atoms with Gasteiger partial charge in [0, 0.05) is 37.0 Å². The van der Waals surface area contributed by atoms with Crippen molar-refractivity contribution < 1.29 is 18.1 Å². The standard InChI is InChI=1S/C16H22N4O5S/c1-11-9-19(10-12(2)25-11)26(23,24)5-4-18-15-6-14(8-17)7-16(13(15)3)20(21)22/h6-7,11-12,18H,4-5,9-10H2,1-3H3/t11-,12-/m0/s1. The first-order valence-electron chi connectivity index (χ1n) is 8.20. The van der Waals surface area contributed by atoms with Gasteiger partial charge in [0.05, 0.1) is 34.5 Å². The summed E-state index contributed by atoms with van der Waals surface area (Å²) in [6.45, 7) is 5.90. The number of hydrogen-bond acceptors (Lipinski definition) is 7. The second kappa shape index (κ2) is 7.99. The molecule has 1 N–H and O–H groups in total. The number of rotatable bonds is 6. The molecule has 10 heteroatoms. The zero-order chi connectivity index (χ0) is 19.5. The van der Waals surface area contributed by atoms with E-state index < -0.39 is 14.9 Å². The number of anilines is 1. The minimum atomic E-state index is -3.48. The van der Waals surface area contributed by atoms with E-state index in [0.717, 1.165) is 0 Å². The average Bonchev–Trinajstić information content (AvgIpc) is 2.55. The molecular formula is C16H22N4O5S. The first kappa shape index (κ1) is 20.1. The van der Waals surface area contributed by atoms with Crippen molar-refractivity contribution in [3.05, 3.63) is 33.4 Å². The number of nitro groups is 1. The maximum Gasteiger partial charge on any atom is 0.275 e. The molecular weight excluding hydrogens is 360 g/mol. The summed E-state index contributed by atoms with van der Waals surface area (Å²) in [5.74, 6) is -0.156. The second-order valence-corrected chi connectivity index (χ2v) is 8.44. The molecule has 1 aliphatic heterocycles. The van der Waals surface area contributed by atoms with Gasteiger partial charge >= 0.3 is 0 Å². The van der Waals surface area contributed by atoms with Crippen molar-refractivity contribution >= 4 is 21.4 Å². The van der Waals surface area contributed by atoms with Crippen molar-refractivity contribution in [2.24, 2.45) is 0 Å². The van der Waals surface area contributed by atoms with Gasteiger partial charge in [-0.25, -0.2) is 8.42 Å². The number of sulfonamides is 1. The molecule has 1 aliphatic rings. The third-order valence-corrected chi connectivity index (χ3v) is 5.97. The van der Waals surface area contributed by atoms with Crippen molar-refractivity contribution in [1.82, 2.24) is 4.31 Å². The Hall–Kier alpha value is -2.22. The molecule has 1 heterocycles. The Morgan fingerprint density at radius 1 is 1.38 bits per heavy atom. The molecule has 0 radical (unpaired) electrons. The fourth-order valence-electron chi connectivity index (χ4n) is 2.94. The lowest BCUT2D eigenvalue weighted by Crippen LogP contribution is -2.49. The molecule has 1 saturated heterocycles. The average molecular weight is 382 g/mol. The van der Waals surface area contributed by atoms with Crippen molar-refractivity contribution in [3.8, 4) is 6.07 Å². The van der Waals surface area contributed by atoms with Crippen LogP contribution < -0.4 is 5.32 Å². The second-order valence-electron chi connectivity index (χ2n) is 6.35. The van der Waals surface area contributed by atoms with Gasteiger partial charge in [-0.3, -0.25) is 10.1 Å². The lowest BCUT2D eigenvalue weighted by molar-refractivity contribution is -0.385. The Morgan fingerprint density at radius 3 is 2.54 bits per heavy atom. The minimum Gasteiger partial charge on any atom is -0.384 e. The van der Waals surface area contributed by atoms with Gasteiger partial charge in [-0.2, -0.15) is 9.57 Å². The molecule has 0 saturated carbocycles. The third kappa shape index (κ3) is 4.69. The van der Waals surface area contributed by atoms with Gasteiger partial charge in [0.2, 0.25) is 10.0 Å². The van der Waals surface area contributed by atoms with Crippen LogP contribution in [-0.4, -0.2) is 55.2 Å². The van der Waals surface area contributed by atoms with Gasteiger partial charge in [0.25, 0.3) is 5.69 Å². The summed E-state index contributed by atoms with van der Waals surface area (Å²) in [5.41, 5.74) is 0.711. The van der Waals surface area contributed by atoms with Crippen LogP contribution in [0.4, 0.5) is 11.4 Å². The number of nitrogens with one attached hydrogen (secondary N) is 1. The van der Waals surface area contributed by atoms with Crippen LogP contribution in [0.1, 0.15) is 25.0 Å². The summed E-state index contributed by atoms with van der Waals surface area (Å²) < 4.78 is 32.0. The number of nitro benzene ring substituents is 1. The Kier molecular flexibility index (Phi) is 6.17. The van der Waals surface area contributed by atoms with Gasteiger partial charge in [0.1, 0.15) is 0 Å². The molecule has 2 atom stereocenters. The van der Waals surface area contributed by atoms with Crippen LogP contribution >= 0.6 is 0 Å². The van der Waals surface area contributed by atoms with E-state index in [1.54, 1.807) is 6.92 Å². The summed E-state index contributed by atoms with van der Waals surface area (Å²) in [7, 11) is -3.48.